The molecular weight excluding hydrogens is 321 g/mol. The third-order valence-electron chi connectivity index (χ3n) is 3.97. The van der Waals surface area contributed by atoms with Crippen molar-refractivity contribution >= 4 is 11.6 Å². The smallest absolute Gasteiger partial charge is 0.246 e. The first-order valence-corrected chi connectivity index (χ1v) is 8.01. The van der Waals surface area contributed by atoms with Crippen LogP contribution in [-0.2, 0) is 17.9 Å². The SMILES string of the molecule is Cc1ccn(CC(=O)Nc2c(C)nn(Cc3ccc(F)cc3)c2C)n1. The van der Waals surface area contributed by atoms with Gasteiger partial charge in [-0.05, 0) is 44.5 Å². The highest BCUT2D eigenvalue weighted by molar-refractivity contribution is 5.91. The maximum absolute atomic E-state index is 13.0. The maximum atomic E-state index is 13.0. The lowest BCUT2D eigenvalue weighted by Gasteiger charge is -2.07. The predicted molar refractivity (Wildman–Crippen MR) is 92.8 cm³/mol. The molecule has 3 rings (SSSR count). The Kier molecular flexibility index (Phi) is 4.65. The van der Waals surface area contributed by atoms with Crippen molar-refractivity contribution in [2.24, 2.45) is 0 Å². The minimum absolute atomic E-state index is 0.149. The van der Waals surface area contributed by atoms with Crippen molar-refractivity contribution in [2.45, 2.75) is 33.9 Å². The molecule has 0 aliphatic rings. The van der Waals surface area contributed by atoms with Gasteiger partial charge in [-0.3, -0.25) is 14.2 Å². The van der Waals surface area contributed by atoms with Gasteiger partial charge in [0, 0.05) is 6.20 Å². The molecule has 1 N–H and O–H groups in total. The first kappa shape index (κ1) is 16.9. The molecule has 0 atom stereocenters. The number of rotatable bonds is 5. The molecule has 0 saturated heterocycles. The van der Waals surface area contributed by atoms with Crippen LogP contribution in [0.2, 0.25) is 0 Å². The third kappa shape index (κ3) is 3.93. The van der Waals surface area contributed by atoms with Gasteiger partial charge in [0.15, 0.2) is 0 Å². The first-order chi connectivity index (χ1) is 11.9. The van der Waals surface area contributed by atoms with Gasteiger partial charge in [0.2, 0.25) is 5.91 Å². The Bertz CT molecular complexity index is 895. The number of hydrogen-bond acceptors (Lipinski definition) is 3. The number of carbonyl (C=O) groups excluding carboxylic acids is 1. The second kappa shape index (κ2) is 6.88. The molecule has 0 aliphatic carbocycles. The van der Waals surface area contributed by atoms with Crippen molar-refractivity contribution in [2.75, 3.05) is 5.32 Å². The molecule has 0 spiro atoms. The van der Waals surface area contributed by atoms with Gasteiger partial charge in [-0.1, -0.05) is 12.1 Å². The van der Waals surface area contributed by atoms with Crippen molar-refractivity contribution in [3.63, 3.8) is 0 Å². The van der Waals surface area contributed by atoms with E-state index < -0.39 is 0 Å². The van der Waals surface area contributed by atoms with E-state index in [0.29, 0.717) is 12.2 Å². The molecule has 3 aromatic rings. The van der Waals surface area contributed by atoms with E-state index in [1.54, 1.807) is 27.7 Å². The molecule has 2 aromatic heterocycles. The monoisotopic (exact) mass is 341 g/mol. The molecule has 25 heavy (non-hydrogen) atoms. The highest BCUT2D eigenvalue weighted by atomic mass is 19.1. The summed E-state index contributed by atoms with van der Waals surface area (Å²) in [6, 6.07) is 8.16. The lowest BCUT2D eigenvalue weighted by atomic mass is 10.2. The molecule has 0 radical (unpaired) electrons. The van der Waals surface area contributed by atoms with Crippen LogP contribution in [0.4, 0.5) is 10.1 Å². The van der Waals surface area contributed by atoms with Gasteiger partial charge in [0.05, 0.1) is 29.3 Å². The fourth-order valence-corrected chi connectivity index (χ4v) is 2.67. The van der Waals surface area contributed by atoms with Crippen LogP contribution in [0.1, 0.15) is 22.6 Å². The average molecular weight is 341 g/mol. The molecule has 130 valence electrons. The number of carbonyl (C=O) groups is 1. The fourth-order valence-electron chi connectivity index (χ4n) is 2.67. The summed E-state index contributed by atoms with van der Waals surface area (Å²) in [5.74, 6) is -0.422. The number of hydrogen-bond donors (Lipinski definition) is 1. The number of amides is 1. The lowest BCUT2D eigenvalue weighted by molar-refractivity contribution is -0.116. The van der Waals surface area contributed by atoms with Crippen LogP contribution in [-0.4, -0.2) is 25.5 Å². The Morgan fingerprint density at radius 1 is 1.12 bits per heavy atom. The van der Waals surface area contributed by atoms with Crippen molar-refractivity contribution in [3.05, 3.63) is 65.0 Å². The van der Waals surface area contributed by atoms with Crippen LogP contribution in [0.25, 0.3) is 0 Å². The third-order valence-corrected chi connectivity index (χ3v) is 3.97. The molecule has 0 aliphatic heterocycles. The summed E-state index contributed by atoms with van der Waals surface area (Å²) in [4.78, 5) is 12.2. The summed E-state index contributed by atoms with van der Waals surface area (Å²) in [6.45, 7) is 6.29. The Hall–Kier alpha value is -2.96. The van der Waals surface area contributed by atoms with Crippen LogP contribution >= 0.6 is 0 Å². The topological polar surface area (TPSA) is 64.7 Å². The van der Waals surface area contributed by atoms with Crippen molar-refractivity contribution < 1.29 is 9.18 Å². The number of halogens is 1. The molecule has 0 saturated carbocycles. The van der Waals surface area contributed by atoms with E-state index in [1.807, 2.05) is 26.8 Å². The minimum Gasteiger partial charge on any atom is -0.321 e. The molecule has 1 amide bonds. The van der Waals surface area contributed by atoms with Crippen LogP contribution in [0.15, 0.2) is 36.5 Å². The largest absolute Gasteiger partial charge is 0.321 e. The molecule has 0 fully saturated rings. The summed E-state index contributed by atoms with van der Waals surface area (Å²) < 4.78 is 16.4. The zero-order chi connectivity index (χ0) is 18.0. The van der Waals surface area contributed by atoms with Crippen LogP contribution in [0.5, 0.6) is 0 Å². The van der Waals surface area contributed by atoms with E-state index >= 15 is 0 Å². The van der Waals surface area contributed by atoms with Crippen LogP contribution in [0, 0.1) is 26.6 Å². The Morgan fingerprint density at radius 2 is 1.84 bits per heavy atom. The summed E-state index contributed by atoms with van der Waals surface area (Å²) in [6.07, 6.45) is 1.77. The molecular formula is C18H20FN5O. The lowest BCUT2D eigenvalue weighted by Crippen LogP contribution is -2.20. The first-order valence-electron chi connectivity index (χ1n) is 8.01. The van der Waals surface area contributed by atoms with E-state index in [1.165, 1.54) is 12.1 Å². The van der Waals surface area contributed by atoms with E-state index in [4.69, 9.17) is 0 Å². The van der Waals surface area contributed by atoms with Crippen molar-refractivity contribution in [1.82, 2.24) is 19.6 Å². The molecule has 2 heterocycles. The molecule has 0 unspecified atom stereocenters. The van der Waals surface area contributed by atoms with Gasteiger partial charge in [0.1, 0.15) is 12.4 Å². The highest BCUT2D eigenvalue weighted by Crippen LogP contribution is 2.20. The number of aromatic nitrogens is 4. The zero-order valence-corrected chi connectivity index (χ0v) is 14.5. The maximum Gasteiger partial charge on any atom is 0.246 e. The predicted octanol–water partition coefficient (Wildman–Crippen LogP) is 2.83. The average Bonchev–Trinajstić information content (AvgIpc) is 3.08. The summed E-state index contributed by atoms with van der Waals surface area (Å²) >= 11 is 0. The molecule has 6 nitrogen and oxygen atoms in total. The number of nitrogens with one attached hydrogen (secondary N) is 1. The van der Waals surface area contributed by atoms with E-state index in [2.05, 4.69) is 15.5 Å². The van der Waals surface area contributed by atoms with Crippen LogP contribution < -0.4 is 5.32 Å². The highest BCUT2D eigenvalue weighted by Gasteiger charge is 2.15. The Balaban J connectivity index is 1.72. The Morgan fingerprint density at radius 3 is 2.48 bits per heavy atom. The second-order valence-corrected chi connectivity index (χ2v) is 6.03. The standard InChI is InChI=1S/C18H20FN5O/c1-12-8-9-23(21-12)11-17(25)20-18-13(2)22-24(14(18)3)10-15-4-6-16(19)7-5-15/h4-9H,10-11H2,1-3H3,(H,20,25). The molecule has 0 bridgehead atoms. The molecule has 1 aromatic carbocycles. The summed E-state index contributed by atoms with van der Waals surface area (Å²) in [5.41, 5.74) is 4.11. The van der Waals surface area contributed by atoms with Gasteiger partial charge in [-0.2, -0.15) is 10.2 Å². The van der Waals surface area contributed by atoms with Gasteiger partial charge >= 0.3 is 0 Å². The van der Waals surface area contributed by atoms with Gasteiger partial charge in [-0.25, -0.2) is 4.39 Å². The summed E-state index contributed by atoms with van der Waals surface area (Å²) in [7, 11) is 0. The summed E-state index contributed by atoms with van der Waals surface area (Å²) in [5, 5.41) is 11.6. The Labute approximate surface area is 145 Å². The normalized spacial score (nSPS) is 10.9. The van der Waals surface area contributed by atoms with Gasteiger partial charge in [-0.15, -0.1) is 0 Å². The number of aryl methyl sites for hydroxylation is 2. The fraction of sp³-hybridized carbons (Fsp3) is 0.278. The van der Waals surface area contributed by atoms with Gasteiger partial charge in [0.25, 0.3) is 0 Å². The molecule has 7 heteroatoms. The zero-order valence-electron chi connectivity index (χ0n) is 14.5. The van der Waals surface area contributed by atoms with Crippen molar-refractivity contribution in [1.29, 1.82) is 0 Å². The quantitative estimate of drug-likeness (QED) is 0.776. The van der Waals surface area contributed by atoms with Gasteiger partial charge < -0.3 is 5.32 Å². The van der Waals surface area contributed by atoms with E-state index in [-0.39, 0.29) is 18.3 Å². The number of benzene rings is 1. The second-order valence-electron chi connectivity index (χ2n) is 6.03. The minimum atomic E-state index is -0.265. The van der Waals surface area contributed by atoms with Crippen molar-refractivity contribution in [3.8, 4) is 0 Å². The number of nitrogens with zero attached hydrogens (tertiary/aromatic N) is 4. The number of anilines is 1. The van der Waals surface area contributed by atoms with E-state index in [9.17, 15) is 9.18 Å². The van der Waals surface area contributed by atoms with E-state index in [0.717, 1.165) is 22.6 Å². The van der Waals surface area contributed by atoms with Crippen LogP contribution in [0.3, 0.4) is 0 Å².